The molecule has 1 aromatic carbocycles. The van der Waals surface area contributed by atoms with E-state index in [1.54, 1.807) is 19.1 Å². The quantitative estimate of drug-likeness (QED) is 0.393. The predicted octanol–water partition coefficient (Wildman–Crippen LogP) is 2.34. The lowest BCUT2D eigenvalue weighted by Crippen LogP contribution is -2.32. The van der Waals surface area contributed by atoms with Crippen molar-refractivity contribution in [3.05, 3.63) is 35.0 Å². The molecule has 2 saturated heterocycles. The molecule has 0 radical (unpaired) electrons. The standard InChI is InChI=1S/C20H27N3O3S2/c1-25-9-3-6-23-19(24)17(21-20(23)27)13-15-4-5-18(26-2)16(12-15)14-22-7-10-28-11-8-22/h4-5,12-13H,3,6-11,14H2,1-2H3,(H,21,27)/b17-13+. The number of carbonyl (C=O) groups is 1. The lowest BCUT2D eigenvalue weighted by molar-refractivity contribution is -0.122. The van der Waals surface area contributed by atoms with Gasteiger partial charge in [0.05, 0.1) is 7.11 Å². The highest BCUT2D eigenvalue weighted by Crippen LogP contribution is 2.25. The number of hydrogen-bond donors (Lipinski definition) is 1. The van der Waals surface area contributed by atoms with Crippen molar-refractivity contribution in [2.24, 2.45) is 0 Å². The number of nitrogens with zero attached hydrogens (tertiary/aromatic N) is 2. The van der Waals surface area contributed by atoms with Gasteiger partial charge in [0.2, 0.25) is 0 Å². The van der Waals surface area contributed by atoms with Crippen molar-refractivity contribution in [3.63, 3.8) is 0 Å². The number of nitrogens with one attached hydrogen (secondary N) is 1. The zero-order valence-electron chi connectivity index (χ0n) is 16.4. The molecule has 2 aliphatic rings. The van der Waals surface area contributed by atoms with Crippen LogP contribution in [0.2, 0.25) is 0 Å². The molecule has 0 aromatic heterocycles. The number of amides is 1. The van der Waals surface area contributed by atoms with Gasteiger partial charge in [-0.3, -0.25) is 14.6 Å². The fraction of sp³-hybridized carbons (Fsp3) is 0.500. The molecule has 2 heterocycles. The first-order valence-corrected chi connectivity index (χ1v) is 11.0. The van der Waals surface area contributed by atoms with Crippen molar-refractivity contribution in [2.75, 3.05) is 52.0 Å². The van der Waals surface area contributed by atoms with E-state index in [0.29, 0.717) is 24.0 Å². The van der Waals surface area contributed by atoms with E-state index in [4.69, 9.17) is 21.7 Å². The number of carbonyl (C=O) groups excluding carboxylic acids is 1. The van der Waals surface area contributed by atoms with Crippen LogP contribution in [0, 0.1) is 0 Å². The van der Waals surface area contributed by atoms with Crippen LogP contribution in [0.25, 0.3) is 6.08 Å². The second kappa shape index (κ2) is 10.2. The van der Waals surface area contributed by atoms with Gasteiger partial charge in [-0.1, -0.05) is 6.07 Å². The lowest BCUT2D eigenvalue weighted by atomic mass is 10.1. The van der Waals surface area contributed by atoms with Crippen molar-refractivity contribution in [1.82, 2.24) is 15.1 Å². The van der Waals surface area contributed by atoms with Gasteiger partial charge in [0.25, 0.3) is 5.91 Å². The van der Waals surface area contributed by atoms with Crippen LogP contribution in [0.5, 0.6) is 5.75 Å². The van der Waals surface area contributed by atoms with Crippen molar-refractivity contribution in [3.8, 4) is 5.75 Å². The van der Waals surface area contributed by atoms with E-state index >= 15 is 0 Å². The Morgan fingerprint density at radius 1 is 1.29 bits per heavy atom. The van der Waals surface area contributed by atoms with Crippen LogP contribution in [0.4, 0.5) is 0 Å². The highest BCUT2D eigenvalue weighted by Gasteiger charge is 2.30. The molecule has 28 heavy (non-hydrogen) atoms. The molecule has 0 saturated carbocycles. The number of methoxy groups -OCH3 is 2. The van der Waals surface area contributed by atoms with Gasteiger partial charge in [-0.15, -0.1) is 0 Å². The topological polar surface area (TPSA) is 54.0 Å². The van der Waals surface area contributed by atoms with Gasteiger partial charge < -0.3 is 14.8 Å². The summed E-state index contributed by atoms with van der Waals surface area (Å²) in [7, 11) is 3.35. The van der Waals surface area contributed by atoms with Crippen LogP contribution >= 0.6 is 24.0 Å². The van der Waals surface area contributed by atoms with E-state index in [9.17, 15) is 4.79 Å². The molecular formula is C20H27N3O3S2. The Morgan fingerprint density at radius 3 is 2.79 bits per heavy atom. The first-order valence-electron chi connectivity index (χ1n) is 9.43. The van der Waals surface area contributed by atoms with Crippen molar-refractivity contribution in [1.29, 1.82) is 0 Å². The van der Waals surface area contributed by atoms with Crippen molar-refractivity contribution >= 4 is 41.1 Å². The summed E-state index contributed by atoms with van der Waals surface area (Å²) in [5.74, 6) is 3.12. The molecule has 8 heteroatoms. The Labute approximate surface area is 176 Å². The molecule has 0 aliphatic carbocycles. The van der Waals surface area contributed by atoms with Crippen molar-refractivity contribution < 1.29 is 14.3 Å². The molecule has 2 fully saturated rings. The summed E-state index contributed by atoms with van der Waals surface area (Å²) >= 11 is 7.32. The zero-order valence-corrected chi connectivity index (χ0v) is 18.0. The van der Waals surface area contributed by atoms with Crippen LogP contribution in [0.15, 0.2) is 23.9 Å². The molecule has 6 nitrogen and oxygen atoms in total. The highest BCUT2D eigenvalue weighted by molar-refractivity contribution is 7.99. The van der Waals surface area contributed by atoms with Crippen molar-refractivity contribution in [2.45, 2.75) is 13.0 Å². The molecule has 0 unspecified atom stereocenters. The van der Waals surface area contributed by atoms with E-state index in [1.807, 2.05) is 30.0 Å². The molecule has 1 aromatic rings. The Morgan fingerprint density at radius 2 is 2.07 bits per heavy atom. The lowest BCUT2D eigenvalue weighted by Gasteiger charge is -2.26. The van der Waals surface area contributed by atoms with Gasteiger partial charge in [-0.2, -0.15) is 11.8 Å². The van der Waals surface area contributed by atoms with Gasteiger partial charge in [0, 0.05) is 57.0 Å². The Balaban J connectivity index is 1.75. The number of benzene rings is 1. The van der Waals surface area contributed by atoms with Crippen LogP contribution < -0.4 is 10.1 Å². The van der Waals surface area contributed by atoms with E-state index < -0.39 is 0 Å². The smallest absolute Gasteiger partial charge is 0.276 e. The second-order valence-corrected chi connectivity index (χ2v) is 8.36. The number of ether oxygens (including phenoxy) is 2. The number of hydrogen-bond acceptors (Lipinski definition) is 6. The molecular weight excluding hydrogens is 394 g/mol. The fourth-order valence-corrected chi connectivity index (χ4v) is 4.58. The molecule has 1 amide bonds. The third kappa shape index (κ3) is 5.26. The summed E-state index contributed by atoms with van der Waals surface area (Å²) in [6.45, 7) is 4.18. The second-order valence-electron chi connectivity index (χ2n) is 6.75. The van der Waals surface area contributed by atoms with Gasteiger partial charge in [0.1, 0.15) is 11.4 Å². The van der Waals surface area contributed by atoms with Gasteiger partial charge in [-0.25, -0.2) is 0 Å². The molecule has 2 aliphatic heterocycles. The molecule has 1 N–H and O–H groups in total. The summed E-state index contributed by atoms with van der Waals surface area (Å²) < 4.78 is 10.6. The number of rotatable bonds is 8. The Bertz CT molecular complexity index is 748. The minimum Gasteiger partial charge on any atom is -0.496 e. The van der Waals surface area contributed by atoms with Crippen LogP contribution in [0.1, 0.15) is 17.5 Å². The predicted molar refractivity (Wildman–Crippen MR) is 118 cm³/mol. The summed E-state index contributed by atoms with van der Waals surface area (Å²) in [6.07, 6.45) is 2.61. The highest BCUT2D eigenvalue weighted by atomic mass is 32.2. The first kappa shape index (κ1) is 21.1. The van der Waals surface area contributed by atoms with Gasteiger partial charge >= 0.3 is 0 Å². The minimum atomic E-state index is -0.0912. The average Bonchev–Trinajstić information content (AvgIpc) is 2.96. The maximum absolute atomic E-state index is 12.7. The zero-order chi connectivity index (χ0) is 19.9. The number of thiocarbonyl (C=S) groups is 1. The molecule has 3 rings (SSSR count). The SMILES string of the molecule is COCCCN1C(=O)/C(=C\c2ccc(OC)c(CN3CCSCC3)c2)NC1=S. The molecule has 0 bridgehead atoms. The van der Waals surface area contributed by atoms with E-state index in [2.05, 4.69) is 16.3 Å². The normalized spacial score (nSPS) is 19.4. The summed E-state index contributed by atoms with van der Waals surface area (Å²) in [4.78, 5) is 16.7. The van der Waals surface area contributed by atoms with Crippen LogP contribution in [-0.2, 0) is 16.1 Å². The van der Waals surface area contributed by atoms with E-state index in [-0.39, 0.29) is 5.91 Å². The number of thioether (sulfide) groups is 1. The van der Waals surface area contributed by atoms with E-state index in [0.717, 1.165) is 42.9 Å². The fourth-order valence-electron chi connectivity index (χ4n) is 3.32. The molecule has 0 spiro atoms. The maximum Gasteiger partial charge on any atom is 0.276 e. The maximum atomic E-state index is 12.7. The minimum absolute atomic E-state index is 0.0912. The van der Waals surface area contributed by atoms with E-state index in [1.165, 1.54) is 11.5 Å². The average molecular weight is 422 g/mol. The summed E-state index contributed by atoms with van der Waals surface area (Å²) in [5.41, 5.74) is 2.60. The van der Waals surface area contributed by atoms with Gasteiger partial charge in [-0.05, 0) is 42.4 Å². The third-order valence-corrected chi connectivity index (χ3v) is 6.07. The van der Waals surface area contributed by atoms with Crippen LogP contribution in [-0.4, -0.2) is 72.8 Å². The summed E-state index contributed by atoms with van der Waals surface area (Å²) in [5, 5.41) is 3.49. The Kier molecular flexibility index (Phi) is 7.73. The van der Waals surface area contributed by atoms with Gasteiger partial charge in [0.15, 0.2) is 5.11 Å². The monoisotopic (exact) mass is 421 g/mol. The summed E-state index contributed by atoms with van der Waals surface area (Å²) in [6, 6.07) is 6.03. The largest absolute Gasteiger partial charge is 0.496 e. The molecule has 0 atom stereocenters. The first-order chi connectivity index (χ1) is 13.6. The molecule has 152 valence electrons. The third-order valence-electron chi connectivity index (χ3n) is 4.81. The Hall–Kier alpha value is -1.61. The van der Waals surface area contributed by atoms with Crippen LogP contribution in [0.3, 0.4) is 0 Å².